The SMILES string of the molecule is COc1ccc(OC)c([C@@H]2CCCN2C(=O)CSc2ncn[nH]2)c1. The lowest BCUT2D eigenvalue weighted by atomic mass is 10.0. The van der Waals surface area contributed by atoms with Crippen LogP contribution in [0.15, 0.2) is 29.7 Å². The number of hydrogen-bond acceptors (Lipinski definition) is 6. The monoisotopic (exact) mass is 348 g/mol. The topological polar surface area (TPSA) is 80.3 Å². The van der Waals surface area contributed by atoms with Gasteiger partial charge >= 0.3 is 0 Å². The van der Waals surface area contributed by atoms with Crippen LogP contribution in [0.2, 0.25) is 0 Å². The second-order valence-electron chi connectivity index (χ2n) is 5.43. The molecule has 2 aromatic rings. The van der Waals surface area contributed by atoms with E-state index in [9.17, 15) is 4.79 Å². The van der Waals surface area contributed by atoms with E-state index in [1.54, 1.807) is 14.2 Å². The smallest absolute Gasteiger partial charge is 0.233 e. The zero-order valence-electron chi connectivity index (χ0n) is 13.7. The number of aromatic nitrogens is 3. The predicted octanol–water partition coefficient (Wildman–Crippen LogP) is 2.28. The largest absolute Gasteiger partial charge is 0.497 e. The average molecular weight is 348 g/mol. The molecule has 0 aliphatic carbocycles. The number of amides is 1. The quantitative estimate of drug-likeness (QED) is 0.807. The number of nitrogens with one attached hydrogen (secondary N) is 1. The molecule has 1 aliphatic rings. The molecule has 128 valence electrons. The van der Waals surface area contributed by atoms with Gasteiger partial charge in [-0.15, -0.1) is 0 Å². The molecule has 1 amide bonds. The van der Waals surface area contributed by atoms with Crippen LogP contribution in [0.25, 0.3) is 0 Å². The predicted molar refractivity (Wildman–Crippen MR) is 90.3 cm³/mol. The van der Waals surface area contributed by atoms with E-state index in [1.165, 1.54) is 18.1 Å². The Morgan fingerprint density at radius 3 is 3.00 bits per heavy atom. The van der Waals surface area contributed by atoms with Crippen LogP contribution in [-0.4, -0.2) is 52.5 Å². The first kappa shape index (κ1) is 16.6. The molecule has 0 bridgehead atoms. The summed E-state index contributed by atoms with van der Waals surface area (Å²) in [5, 5.41) is 7.19. The number of benzene rings is 1. The number of aromatic amines is 1. The minimum absolute atomic E-state index is 0.0119. The molecule has 0 spiro atoms. The molecule has 8 heteroatoms. The number of thioether (sulfide) groups is 1. The lowest BCUT2D eigenvalue weighted by Gasteiger charge is -2.26. The van der Waals surface area contributed by atoms with Gasteiger partial charge in [0.2, 0.25) is 5.91 Å². The molecule has 0 unspecified atom stereocenters. The molecule has 0 saturated carbocycles. The van der Waals surface area contributed by atoms with Gasteiger partial charge < -0.3 is 14.4 Å². The van der Waals surface area contributed by atoms with Crippen LogP contribution < -0.4 is 9.47 Å². The van der Waals surface area contributed by atoms with Crippen molar-refractivity contribution in [3.8, 4) is 11.5 Å². The molecular weight excluding hydrogens is 328 g/mol. The number of carbonyl (C=O) groups excluding carboxylic acids is 1. The van der Waals surface area contributed by atoms with E-state index in [0.717, 1.165) is 36.4 Å². The summed E-state index contributed by atoms with van der Waals surface area (Å²) < 4.78 is 10.8. The van der Waals surface area contributed by atoms with Crippen molar-refractivity contribution < 1.29 is 14.3 Å². The Morgan fingerprint density at radius 1 is 1.42 bits per heavy atom. The van der Waals surface area contributed by atoms with Crippen LogP contribution in [-0.2, 0) is 4.79 Å². The van der Waals surface area contributed by atoms with Crippen LogP contribution >= 0.6 is 11.8 Å². The second kappa shape index (κ2) is 7.57. The minimum Gasteiger partial charge on any atom is -0.497 e. The summed E-state index contributed by atoms with van der Waals surface area (Å²) in [6, 6.07) is 5.72. The van der Waals surface area contributed by atoms with Gasteiger partial charge in [-0.1, -0.05) is 11.8 Å². The summed E-state index contributed by atoms with van der Waals surface area (Å²) >= 11 is 1.36. The van der Waals surface area contributed by atoms with Crippen LogP contribution in [0.1, 0.15) is 24.4 Å². The maximum absolute atomic E-state index is 12.6. The van der Waals surface area contributed by atoms with Crippen LogP contribution in [0.3, 0.4) is 0 Å². The van der Waals surface area contributed by atoms with Gasteiger partial charge in [0.1, 0.15) is 17.8 Å². The third-order valence-electron chi connectivity index (χ3n) is 4.09. The number of ether oxygens (including phenoxy) is 2. The molecule has 1 atom stereocenters. The third kappa shape index (κ3) is 3.48. The average Bonchev–Trinajstić information content (AvgIpc) is 3.30. The van der Waals surface area contributed by atoms with Crippen molar-refractivity contribution in [2.45, 2.75) is 24.0 Å². The lowest BCUT2D eigenvalue weighted by Crippen LogP contribution is -2.32. The number of carbonyl (C=O) groups is 1. The molecule has 24 heavy (non-hydrogen) atoms. The van der Waals surface area contributed by atoms with Gasteiger partial charge in [0.15, 0.2) is 5.16 Å². The standard InChI is InChI=1S/C16H20N4O3S/c1-22-11-5-6-14(23-2)12(8-11)13-4-3-7-20(13)15(21)9-24-16-17-10-18-19-16/h5-6,8,10,13H,3-4,7,9H2,1-2H3,(H,17,18,19)/t13-/m0/s1. The van der Waals surface area contributed by atoms with Gasteiger partial charge in [-0.25, -0.2) is 4.98 Å². The highest BCUT2D eigenvalue weighted by Gasteiger charge is 2.32. The Hall–Kier alpha value is -2.22. The van der Waals surface area contributed by atoms with Crippen molar-refractivity contribution in [1.82, 2.24) is 20.1 Å². The summed E-state index contributed by atoms with van der Waals surface area (Å²) in [4.78, 5) is 18.6. The summed E-state index contributed by atoms with van der Waals surface area (Å²) in [5.41, 5.74) is 0.993. The highest BCUT2D eigenvalue weighted by molar-refractivity contribution is 7.99. The second-order valence-corrected chi connectivity index (χ2v) is 6.40. The van der Waals surface area contributed by atoms with Gasteiger partial charge in [0.25, 0.3) is 0 Å². The van der Waals surface area contributed by atoms with E-state index in [1.807, 2.05) is 23.1 Å². The van der Waals surface area contributed by atoms with Crippen molar-refractivity contribution in [1.29, 1.82) is 0 Å². The Balaban J connectivity index is 1.76. The van der Waals surface area contributed by atoms with Crippen LogP contribution in [0, 0.1) is 0 Å². The fourth-order valence-electron chi connectivity index (χ4n) is 2.97. The molecule has 1 fully saturated rings. The first-order valence-electron chi connectivity index (χ1n) is 7.72. The highest BCUT2D eigenvalue weighted by atomic mass is 32.2. The molecule has 2 heterocycles. The first-order chi connectivity index (χ1) is 11.7. The summed E-state index contributed by atoms with van der Waals surface area (Å²) in [6.45, 7) is 0.751. The van der Waals surface area contributed by atoms with Gasteiger partial charge in [0, 0.05) is 12.1 Å². The summed E-state index contributed by atoms with van der Waals surface area (Å²) in [7, 11) is 3.28. The summed E-state index contributed by atoms with van der Waals surface area (Å²) in [6.07, 6.45) is 3.33. The fraction of sp³-hybridized carbons (Fsp3) is 0.438. The van der Waals surface area contributed by atoms with Gasteiger partial charge in [-0.3, -0.25) is 9.89 Å². The van der Waals surface area contributed by atoms with Crippen molar-refractivity contribution in [3.63, 3.8) is 0 Å². The van der Waals surface area contributed by atoms with E-state index >= 15 is 0 Å². The Bertz CT molecular complexity index is 693. The van der Waals surface area contributed by atoms with Crippen molar-refractivity contribution >= 4 is 17.7 Å². The van der Waals surface area contributed by atoms with Crippen molar-refractivity contribution in [3.05, 3.63) is 30.1 Å². The number of hydrogen-bond donors (Lipinski definition) is 1. The normalized spacial score (nSPS) is 17.1. The van der Waals surface area contributed by atoms with Gasteiger partial charge in [0.05, 0.1) is 26.0 Å². The van der Waals surface area contributed by atoms with Gasteiger partial charge in [-0.2, -0.15) is 5.10 Å². The van der Waals surface area contributed by atoms with Crippen molar-refractivity contribution in [2.75, 3.05) is 26.5 Å². The van der Waals surface area contributed by atoms with E-state index in [4.69, 9.17) is 9.47 Å². The molecule has 1 aliphatic heterocycles. The van der Waals surface area contributed by atoms with E-state index in [0.29, 0.717) is 10.9 Å². The number of likely N-dealkylation sites (tertiary alicyclic amines) is 1. The highest BCUT2D eigenvalue weighted by Crippen LogP contribution is 2.39. The first-order valence-corrected chi connectivity index (χ1v) is 8.71. The summed E-state index contributed by atoms with van der Waals surface area (Å²) in [5.74, 6) is 1.96. The molecule has 0 radical (unpaired) electrons. The molecule has 1 aromatic carbocycles. The molecular formula is C16H20N4O3S. The van der Waals surface area contributed by atoms with Crippen LogP contribution in [0.4, 0.5) is 0 Å². The van der Waals surface area contributed by atoms with Crippen LogP contribution in [0.5, 0.6) is 11.5 Å². The fourth-order valence-corrected chi connectivity index (χ4v) is 3.63. The number of rotatable bonds is 6. The van der Waals surface area contributed by atoms with Gasteiger partial charge in [-0.05, 0) is 31.0 Å². The molecule has 3 rings (SSSR count). The Morgan fingerprint density at radius 2 is 2.29 bits per heavy atom. The maximum atomic E-state index is 12.6. The lowest BCUT2D eigenvalue weighted by molar-refractivity contribution is -0.129. The van der Waals surface area contributed by atoms with E-state index in [2.05, 4.69) is 15.2 Å². The van der Waals surface area contributed by atoms with Crippen molar-refractivity contribution in [2.24, 2.45) is 0 Å². The molecule has 1 aromatic heterocycles. The number of nitrogens with zero attached hydrogens (tertiary/aromatic N) is 3. The molecule has 1 N–H and O–H groups in total. The zero-order chi connectivity index (χ0) is 16.9. The maximum Gasteiger partial charge on any atom is 0.233 e. The minimum atomic E-state index is 0.0119. The van der Waals surface area contributed by atoms with E-state index < -0.39 is 0 Å². The molecule has 7 nitrogen and oxygen atoms in total. The number of H-pyrrole nitrogens is 1. The Kier molecular flexibility index (Phi) is 5.24. The third-order valence-corrected chi connectivity index (χ3v) is 4.96. The van der Waals surface area contributed by atoms with E-state index in [-0.39, 0.29) is 11.9 Å². The Labute approximate surface area is 144 Å². The zero-order valence-corrected chi connectivity index (χ0v) is 14.5. The molecule has 1 saturated heterocycles. The number of methoxy groups -OCH3 is 2.